The van der Waals surface area contributed by atoms with Crippen LogP contribution in [0.4, 0.5) is 0 Å². The molecule has 3 nitrogen and oxygen atoms in total. The van der Waals surface area contributed by atoms with E-state index < -0.39 is 5.97 Å². The zero-order chi connectivity index (χ0) is 9.42. The molecular weight excluding hydrogens is 254 g/mol. The van der Waals surface area contributed by atoms with E-state index in [1.54, 1.807) is 0 Å². The van der Waals surface area contributed by atoms with Crippen molar-refractivity contribution in [2.45, 2.75) is 0 Å². The Labute approximate surface area is 86.2 Å². The molecule has 0 aliphatic heterocycles. The summed E-state index contributed by atoms with van der Waals surface area (Å²) in [7, 11) is 0. The molecule has 2 heterocycles. The molecule has 1 N–H and O–H groups in total. The summed E-state index contributed by atoms with van der Waals surface area (Å²) in [5.74, 6) is -0.915. The molecule has 0 bridgehead atoms. The van der Waals surface area contributed by atoms with Gasteiger partial charge in [0.25, 0.3) is 0 Å². The van der Waals surface area contributed by atoms with Gasteiger partial charge >= 0.3 is 5.97 Å². The molecule has 66 valence electrons. The summed E-state index contributed by atoms with van der Waals surface area (Å²) in [6, 6.07) is 1.51. The van der Waals surface area contributed by atoms with Crippen LogP contribution in [0.3, 0.4) is 0 Å². The first-order valence-electron chi connectivity index (χ1n) is 3.45. The van der Waals surface area contributed by atoms with E-state index in [0.717, 1.165) is 4.47 Å². The quantitative estimate of drug-likeness (QED) is 0.855. The number of carbonyl (C=O) groups is 1. The van der Waals surface area contributed by atoms with Gasteiger partial charge in [-0.15, -0.1) is 11.3 Å². The lowest BCUT2D eigenvalue weighted by Gasteiger charge is -1.94. The zero-order valence-corrected chi connectivity index (χ0v) is 8.72. The number of carboxylic acids is 1. The maximum absolute atomic E-state index is 10.8. The standard InChI is InChI=1S/C8H4BrNO2S/c9-5-3-13-7-4(8(11)12)1-2-10-6(5)7/h1-3H,(H,11,12). The molecule has 2 aromatic rings. The molecule has 2 aromatic heterocycles. The minimum Gasteiger partial charge on any atom is -0.478 e. The van der Waals surface area contributed by atoms with Crippen molar-refractivity contribution in [1.29, 1.82) is 0 Å². The first kappa shape index (κ1) is 8.65. The van der Waals surface area contributed by atoms with E-state index in [1.807, 2.05) is 5.38 Å². The molecule has 0 amide bonds. The van der Waals surface area contributed by atoms with E-state index in [0.29, 0.717) is 15.8 Å². The molecular formula is C8H4BrNO2S. The van der Waals surface area contributed by atoms with Crippen molar-refractivity contribution in [3.05, 3.63) is 27.7 Å². The average molecular weight is 258 g/mol. The summed E-state index contributed by atoms with van der Waals surface area (Å²) in [4.78, 5) is 14.9. The van der Waals surface area contributed by atoms with Crippen LogP contribution in [0.2, 0.25) is 0 Å². The highest BCUT2D eigenvalue weighted by atomic mass is 79.9. The van der Waals surface area contributed by atoms with Crippen LogP contribution in [0, 0.1) is 0 Å². The van der Waals surface area contributed by atoms with Gasteiger partial charge in [-0.05, 0) is 22.0 Å². The predicted molar refractivity (Wildman–Crippen MR) is 54.3 cm³/mol. The van der Waals surface area contributed by atoms with Crippen LogP contribution in [0.1, 0.15) is 10.4 Å². The predicted octanol–water partition coefficient (Wildman–Crippen LogP) is 2.76. The van der Waals surface area contributed by atoms with Crippen molar-refractivity contribution in [3.8, 4) is 0 Å². The van der Waals surface area contributed by atoms with Crippen molar-refractivity contribution in [1.82, 2.24) is 4.98 Å². The maximum Gasteiger partial charge on any atom is 0.337 e. The van der Waals surface area contributed by atoms with Crippen molar-refractivity contribution in [2.75, 3.05) is 0 Å². The molecule has 0 saturated carbocycles. The van der Waals surface area contributed by atoms with E-state index in [9.17, 15) is 4.79 Å². The van der Waals surface area contributed by atoms with Crippen LogP contribution in [0.5, 0.6) is 0 Å². The van der Waals surface area contributed by atoms with Crippen LogP contribution >= 0.6 is 27.3 Å². The first-order valence-corrected chi connectivity index (χ1v) is 5.12. The number of fused-ring (bicyclic) bond motifs is 1. The van der Waals surface area contributed by atoms with E-state index in [4.69, 9.17) is 5.11 Å². The largest absolute Gasteiger partial charge is 0.478 e. The van der Waals surface area contributed by atoms with Gasteiger partial charge in [0.2, 0.25) is 0 Å². The van der Waals surface area contributed by atoms with E-state index in [-0.39, 0.29) is 0 Å². The summed E-state index contributed by atoms with van der Waals surface area (Å²) >= 11 is 4.68. The summed E-state index contributed by atoms with van der Waals surface area (Å²) in [5.41, 5.74) is 1.02. The van der Waals surface area contributed by atoms with Gasteiger partial charge in [0.15, 0.2) is 0 Å². The number of hydrogen-bond acceptors (Lipinski definition) is 3. The van der Waals surface area contributed by atoms with Crippen molar-refractivity contribution >= 4 is 43.5 Å². The van der Waals surface area contributed by atoms with Crippen LogP contribution in [0.15, 0.2) is 22.1 Å². The number of hydrogen-bond donors (Lipinski definition) is 1. The van der Waals surface area contributed by atoms with E-state index in [1.165, 1.54) is 23.6 Å². The third-order valence-electron chi connectivity index (χ3n) is 1.64. The minimum absolute atomic E-state index is 0.306. The summed E-state index contributed by atoms with van der Waals surface area (Å²) in [6.07, 6.45) is 1.50. The summed E-state index contributed by atoms with van der Waals surface area (Å²) in [6.45, 7) is 0. The van der Waals surface area contributed by atoms with Crippen LogP contribution in [0.25, 0.3) is 10.2 Å². The molecule has 5 heteroatoms. The average Bonchev–Trinajstić information content (AvgIpc) is 2.48. The normalized spacial score (nSPS) is 10.5. The second-order valence-corrected chi connectivity index (χ2v) is 4.16. The van der Waals surface area contributed by atoms with E-state index >= 15 is 0 Å². The van der Waals surface area contributed by atoms with Gasteiger partial charge in [-0.25, -0.2) is 4.79 Å². The SMILES string of the molecule is O=C(O)c1ccnc2c(Br)csc12. The molecule has 0 atom stereocenters. The number of halogens is 1. The van der Waals surface area contributed by atoms with Crippen molar-refractivity contribution < 1.29 is 9.90 Å². The highest BCUT2D eigenvalue weighted by Gasteiger charge is 2.11. The monoisotopic (exact) mass is 257 g/mol. The van der Waals surface area contributed by atoms with Crippen LogP contribution in [-0.2, 0) is 0 Å². The number of aromatic nitrogens is 1. The van der Waals surface area contributed by atoms with Gasteiger partial charge in [0.05, 0.1) is 20.3 Å². The Morgan fingerprint density at radius 2 is 2.38 bits per heavy atom. The van der Waals surface area contributed by atoms with Crippen molar-refractivity contribution in [3.63, 3.8) is 0 Å². The Morgan fingerprint density at radius 3 is 3.08 bits per heavy atom. The molecule has 0 aliphatic carbocycles. The fourth-order valence-corrected chi connectivity index (χ4v) is 2.67. The molecule has 0 unspecified atom stereocenters. The smallest absolute Gasteiger partial charge is 0.337 e. The Hall–Kier alpha value is -0.940. The van der Waals surface area contributed by atoms with Crippen LogP contribution in [-0.4, -0.2) is 16.1 Å². The lowest BCUT2D eigenvalue weighted by molar-refractivity contribution is 0.0699. The van der Waals surface area contributed by atoms with Gasteiger partial charge in [-0.1, -0.05) is 0 Å². The second-order valence-electron chi connectivity index (χ2n) is 2.43. The molecule has 0 fully saturated rings. The maximum atomic E-state index is 10.8. The minimum atomic E-state index is -0.915. The lowest BCUT2D eigenvalue weighted by atomic mass is 10.2. The Bertz CT molecular complexity index is 480. The van der Waals surface area contributed by atoms with Crippen molar-refractivity contribution in [2.24, 2.45) is 0 Å². The Morgan fingerprint density at radius 1 is 1.62 bits per heavy atom. The topological polar surface area (TPSA) is 50.2 Å². The Balaban J connectivity index is 2.84. The molecule has 0 saturated heterocycles. The number of nitrogens with zero attached hydrogens (tertiary/aromatic N) is 1. The number of carboxylic acid groups (broad SMARTS) is 1. The lowest BCUT2D eigenvalue weighted by Crippen LogP contribution is -1.96. The molecule has 0 radical (unpaired) electrons. The van der Waals surface area contributed by atoms with Gasteiger partial charge in [-0.2, -0.15) is 0 Å². The van der Waals surface area contributed by atoms with Gasteiger partial charge < -0.3 is 5.11 Å². The fraction of sp³-hybridized carbons (Fsp3) is 0. The molecule has 13 heavy (non-hydrogen) atoms. The van der Waals surface area contributed by atoms with Gasteiger partial charge in [0, 0.05) is 11.6 Å². The number of thiophene rings is 1. The second kappa shape index (κ2) is 3.08. The number of pyridine rings is 1. The van der Waals surface area contributed by atoms with Gasteiger partial charge in [0.1, 0.15) is 0 Å². The molecule has 0 aliphatic rings. The first-order chi connectivity index (χ1) is 6.20. The number of rotatable bonds is 1. The highest BCUT2D eigenvalue weighted by molar-refractivity contribution is 9.10. The van der Waals surface area contributed by atoms with E-state index in [2.05, 4.69) is 20.9 Å². The number of aromatic carboxylic acids is 1. The zero-order valence-electron chi connectivity index (χ0n) is 6.32. The molecule has 0 aromatic carbocycles. The highest BCUT2D eigenvalue weighted by Crippen LogP contribution is 2.30. The fourth-order valence-electron chi connectivity index (χ4n) is 1.07. The summed E-state index contributed by atoms with van der Waals surface area (Å²) in [5, 5.41) is 10.7. The van der Waals surface area contributed by atoms with Crippen LogP contribution < -0.4 is 0 Å². The molecule has 2 rings (SSSR count). The Kier molecular flexibility index (Phi) is 2.05. The summed E-state index contributed by atoms with van der Waals surface area (Å²) < 4.78 is 1.55. The third-order valence-corrected chi connectivity index (χ3v) is 3.55. The van der Waals surface area contributed by atoms with Gasteiger partial charge in [-0.3, -0.25) is 4.98 Å². The molecule has 0 spiro atoms. The third kappa shape index (κ3) is 1.34.